The number of hydrogen-bond donors (Lipinski definition) is 1. The first kappa shape index (κ1) is 15.4. The quantitative estimate of drug-likeness (QED) is 0.840. The van der Waals surface area contributed by atoms with E-state index in [0.717, 1.165) is 44.2 Å². The zero-order chi connectivity index (χ0) is 15.4. The van der Waals surface area contributed by atoms with Crippen molar-refractivity contribution in [3.8, 4) is 0 Å². The van der Waals surface area contributed by atoms with E-state index < -0.39 is 0 Å². The molecule has 0 bridgehead atoms. The second kappa shape index (κ2) is 7.19. The van der Waals surface area contributed by atoms with Crippen molar-refractivity contribution in [1.82, 2.24) is 19.2 Å². The van der Waals surface area contributed by atoms with Crippen molar-refractivity contribution in [2.24, 2.45) is 0 Å². The molecule has 1 N–H and O–H groups in total. The number of aromatic nitrogens is 2. The molecule has 6 heteroatoms. The monoisotopic (exact) mass is 304 g/mol. The Morgan fingerprint density at radius 2 is 2.18 bits per heavy atom. The first-order chi connectivity index (χ1) is 10.7. The second-order valence-corrected chi connectivity index (χ2v) is 5.94. The van der Waals surface area contributed by atoms with Crippen LogP contribution in [-0.2, 0) is 11.3 Å². The Kier molecular flexibility index (Phi) is 5.04. The average molecular weight is 304 g/mol. The van der Waals surface area contributed by atoms with Crippen LogP contribution in [0.2, 0.25) is 0 Å². The van der Waals surface area contributed by atoms with Crippen molar-refractivity contribution < 1.29 is 9.84 Å². The largest absolute Gasteiger partial charge is 0.390 e. The molecular weight excluding hydrogens is 280 g/mol. The van der Waals surface area contributed by atoms with Gasteiger partial charge in [-0.25, -0.2) is 4.98 Å². The molecule has 0 saturated carbocycles. The normalized spacial score (nSPS) is 18.1. The van der Waals surface area contributed by atoms with Gasteiger partial charge >= 0.3 is 0 Å². The van der Waals surface area contributed by atoms with Crippen molar-refractivity contribution in [1.29, 1.82) is 0 Å². The molecule has 0 radical (unpaired) electrons. The molecule has 0 aliphatic carbocycles. The third-order valence-electron chi connectivity index (χ3n) is 4.02. The van der Waals surface area contributed by atoms with Crippen molar-refractivity contribution in [3.05, 3.63) is 36.3 Å². The number of β-amino-alcohol motifs (C(OH)–C–C–N with tert-alkyl or cyclic N) is 1. The molecule has 0 spiro atoms. The van der Waals surface area contributed by atoms with Crippen LogP contribution in [-0.4, -0.2) is 76.8 Å². The van der Waals surface area contributed by atoms with Gasteiger partial charge < -0.3 is 14.2 Å². The topological polar surface area (TPSA) is 53.2 Å². The van der Waals surface area contributed by atoms with Gasteiger partial charge in [0, 0.05) is 38.9 Å². The van der Waals surface area contributed by atoms with Gasteiger partial charge in [0.15, 0.2) is 0 Å². The lowest BCUT2D eigenvalue weighted by molar-refractivity contribution is 0.00817. The van der Waals surface area contributed by atoms with Gasteiger partial charge in [0.05, 0.1) is 31.2 Å². The highest BCUT2D eigenvalue weighted by molar-refractivity contribution is 5.39. The maximum Gasteiger partial charge on any atom is 0.136 e. The Morgan fingerprint density at radius 3 is 3.00 bits per heavy atom. The van der Waals surface area contributed by atoms with Crippen LogP contribution >= 0.6 is 0 Å². The number of morpholine rings is 1. The van der Waals surface area contributed by atoms with E-state index in [0.29, 0.717) is 13.1 Å². The molecule has 3 heterocycles. The Labute approximate surface area is 130 Å². The molecule has 3 rings (SSSR count). The fourth-order valence-corrected chi connectivity index (χ4v) is 2.94. The third-order valence-corrected chi connectivity index (χ3v) is 4.02. The molecule has 1 aliphatic heterocycles. The van der Waals surface area contributed by atoms with E-state index in [4.69, 9.17) is 4.74 Å². The molecule has 1 unspecified atom stereocenters. The minimum Gasteiger partial charge on any atom is -0.390 e. The van der Waals surface area contributed by atoms with Crippen molar-refractivity contribution in [2.45, 2.75) is 12.6 Å². The fraction of sp³-hybridized carbons (Fsp3) is 0.562. The Morgan fingerprint density at radius 1 is 1.36 bits per heavy atom. The van der Waals surface area contributed by atoms with Crippen LogP contribution < -0.4 is 0 Å². The second-order valence-electron chi connectivity index (χ2n) is 5.94. The maximum absolute atomic E-state index is 10.3. The van der Waals surface area contributed by atoms with Crippen LogP contribution in [0.3, 0.4) is 0 Å². The third kappa shape index (κ3) is 3.84. The number of aliphatic hydroxyl groups is 1. The van der Waals surface area contributed by atoms with Crippen LogP contribution in [0.1, 0.15) is 5.69 Å². The van der Waals surface area contributed by atoms with E-state index in [-0.39, 0.29) is 6.10 Å². The molecule has 1 fully saturated rings. The van der Waals surface area contributed by atoms with Crippen molar-refractivity contribution >= 4 is 5.65 Å². The van der Waals surface area contributed by atoms with Gasteiger partial charge in [0.25, 0.3) is 0 Å². The summed E-state index contributed by atoms with van der Waals surface area (Å²) in [6.45, 7) is 5.49. The van der Waals surface area contributed by atoms with Crippen LogP contribution in [0.5, 0.6) is 0 Å². The molecular formula is C16H24N4O2. The summed E-state index contributed by atoms with van der Waals surface area (Å²) >= 11 is 0. The summed E-state index contributed by atoms with van der Waals surface area (Å²) in [7, 11) is 2.03. The number of likely N-dealkylation sites (N-methyl/N-ethyl adjacent to an activating group) is 1. The van der Waals surface area contributed by atoms with E-state index in [2.05, 4.69) is 19.2 Å². The van der Waals surface area contributed by atoms with Gasteiger partial charge in [-0.05, 0) is 19.2 Å². The molecule has 6 nitrogen and oxygen atoms in total. The highest BCUT2D eigenvalue weighted by Crippen LogP contribution is 2.09. The lowest BCUT2D eigenvalue weighted by Crippen LogP contribution is -2.44. The zero-order valence-corrected chi connectivity index (χ0v) is 13.1. The highest BCUT2D eigenvalue weighted by Gasteiger charge is 2.16. The number of ether oxygens (including phenoxy) is 1. The summed E-state index contributed by atoms with van der Waals surface area (Å²) in [6, 6.07) is 5.99. The summed E-state index contributed by atoms with van der Waals surface area (Å²) in [4.78, 5) is 8.80. The first-order valence-electron chi connectivity index (χ1n) is 7.80. The van der Waals surface area contributed by atoms with Crippen molar-refractivity contribution in [3.63, 3.8) is 0 Å². The van der Waals surface area contributed by atoms with Crippen LogP contribution in [0, 0.1) is 0 Å². The Hall–Kier alpha value is -1.47. The number of rotatable bonds is 6. The number of hydrogen-bond acceptors (Lipinski definition) is 5. The van der Waals surface area contributed by atoms with Gasteiger partial charge in [-0.15, -0.1) is 0 Å². The van der Waals surface area contributed by atoms with Gasteiger partial charge in [-0.3, -0.25) is 9.80 Å². The summed E-state index contributed by atoms with van der Waals surface area (Å²) in [5.74, 6) is 0. The van der Waals surface area contributed by atoms with E-state index in [1.807, 2.05) is 37.6 Å². The summed E-state index contributed by atoms with van der Waals surface area (Å²) in [5, 5.41) is 10.3. The average Bonchev–Trinajstić information content (AvgIpc) is 2.91. The van der Waals surface area contributed by atoms with Crippen molar-refractivity contribution in [2.75, 3.05) is 46.4 Å². The van der Waals surface area contributed by atoms with E-state index in [9.17, 15) is 5.11 Å². The maximum atomic E-state index is 10.3. The highest BCUT2D eigenvalue weighted by atomic mass is 16.5. The number of nitrogens with zero attached hydrogens (tertiary/aromatic N) is 4. The van der Waals surface area contributed by atoms with Gasteiger partial charge in [-0.1, -0.05) is 6.07 Å². The Bertz CT molecular complexity index is 595. The first-order valence-corrected chi connectivity index (χ1v) is 7.80. The Balaban J connectivity index is 1.52. The standard InChI is InChI=1S/C16H24N4O2/c1-18(12-15(21)13-19-6-8-22-9-7-19)11-14-10-17-16-4-2-3-5-20(14)16/h2-5,10,15,21H,6-9,11-13H2,1H3. The molecule has 2 aromatic heterocycles. The molecule has 1 atom stereocenters. The molecule has 2 aromatic rings. The fourth-order valence-electron chi connectivity index (χ4n) is 2.94. The van der Waals surface area contributed by atoms with Gasteiger partial charge in [0.1, 0.15) is 5.65 Å². The van der Waals surface area contributed by atoms with Crippen LogP contribution in [0.25, 0.3) is 5.65 Å². The molecule has 1 aliphatic rings. The predicted molar refractivity (Wildman–Crippen MR) is 84.8 cm³/mol. The van der Waals surface area contributed by atoms with Crippen LogP contribution in [0.15, 0.2) is 30.6 Å². The SMILES string of the molecule is CN(Cc1cnc2ccccn12)CC(O)CN1CCOCC1. The van der Waals surface area contributed by atoms with E-state index >= 15 is 0 Å². The number of aliphatic hydroxyl groups excluding tert-OH is 1. The van der Waals surface area contributed by atoms with Crippen LogP contribution in [0.4, 0.5) is 0 Å². The molecule has 22 heavy (non-hydrogen) atoms. The summed E-state index contributed by atoms with van der Waals surface area (Å²) in [6.07, 6.45) is 3.58. The smallest absolute Gasteiger partial charge is 0.136 e. The minimum absolute atomic E-state index is 0.345. The number of pyridine rings is 1. The summed E-state index contributed by atoms with van der Waals surface area (Å²) in [5.41, 5.74) is 2.09. The predicted octanol–water partition coefficient (Wildman–Crippen LogP) is 0.459. The zero-order valence-electron chi connectivity index (χ0n) is 13.1. The molecule has 120 valence electrons. The molecule has 0 aromatic carbocycles. The number of fused-ring (bicyclic) bond motifs is 1. The van der Waals surface area contributed by atoms with E-state index in [1.165, 1.54) is 0 Å². The number of imidazole rings is 1. The molecule has 1 saturated heterocycles. The van der Waals surface area contributed by atoms with E-state index in [1.54, 1.807) is 0 Å². The molecule has 0 amide bonds. The lowest BCUT2D eigenvalue weighted by Gasteiger charge is -2.30. The minimum atomic E-state index is -0.345. The summed E-state index contributed by atoms with van der Waals surface area (Å²) < 4.78 is 7.42. The van der Waals surface area contributed by atoms with Gasteiger partial charge in [-0.2, -0.15) is 0 Å². The lowest BCUT2D eigenvalue weighted by atomic mass is 10.2. The van der Waals surface area contributed by atoms with Gasteiger partial charge in [0.2, 0.25) is 0 Å².